The Morgan fingerprint density at radius 3 is 2.54 bits per heavy atom. The predicted molar refractivity (Wildman–Crippen MR) is 108 cm³/mol. The standard InChI is InChI=1S/C22H23NO5/c1-14-7-5-6-8-16(14)18-12-21(24)28-19-11-15(9-10-17(18)19)27-20(13-26-4)22(25)23(2)3/h5-12,20H,13H2,1-4H3. The van der Waals surface area contributed by atoms with Gasteiger partial charge in [-0.15, -0.1) is 0 Å². The molecule has 0 spiro atoms. The van der Waals surface area contributed by atoms with E-state index in [-0.39, 0.29) is 12.5 Å². The number of hydrogen-bond donors (Lipinski definition) is 0. The predicted octanol–water partition coefficient (Wildman–Crippen LogP) is 3.25. The summed E-state index contributed by atoms with van der Waals surface area (Å²) in [5.41, 5.74) is 2.78. The van der Waals surface area contributed by atoms with Crippen LogP contribution in [0, 0.1) is 6.92 Å². The first-order valence-electron chi connectivity index (χ1n) is 8.91. The molecule has 6 heteroatoms. The second kappa shape index (κ2) is 8.27. The van der Waals surface area contributed by atoms with Gasteiger partial charge in [0, 0.05) is 44.3 Å². The highest BCUT2D eigenvalue weighted by atomic mass is 16.5. The van der Waals surface area contributed by atoms with E-state index in [0.29, 0.717) is 11.3 Å². The first-order chi connectivity index (χ1) is 13.4. The maximum absolute atomic E-state index is 12.3. The number of nitrogens with zero attached hydrogens (tertiary/aromatic N) is 1. The van der Waals surface area contributed by atoms with E-state index in [9.17, 15) is 9.59 Å². The summed E-state index contributed by atoms with van der Waals surface area (Å²) in [6, 6.07) is 14.6. The second-order valence-electron chi connectivity index (χ2n) is 6.75. The normalized spacial score (nSPS) is 12.0. The van der Waals surface area contributed by atoms with E-state index >= 15 is 0 Å². The Kier molecular flexibility index (Phi) is 5.80. The molecular formula is C22H23NO5. The molecule has 1 unspecified atom stereocenters. The van der Waals surface area contributed by atoms with Crippen molar-refractivity contribution in [2.75, 3.05) is 27.8 Å². The molecule has 0 saturated heterocycles. The number of aryl methyl sites for hydroxylation is 1. The van der Waals surface area contributed by atoms with Crippen molar-refractivity contribution in [1.82, 2.24) is 4.90 Å². The van der Waals surface area contributed by atoms with Crippen LogP contribution in [0.25, 0.3) is 22.1 Å². The molecule has 0 N–H and O–H groups in total. The zero-order valence-corrected chi connectivity index (χ0v) is 16.4. The molecule has 1 heterocycles. The summed E-state index contributed by atoms with van der Waals surface area (Å²) in [6.07, 6.45) is -0.788. The molecule has 1 aromatic heterocycles. The molecule has 2 aromatic carbocycles. The number of methoxy groups -OCH3 is 1. The topological polar surface area (TPSA) is 69.0 Å². The fourth-order valence-electron chi connectivity index (χ4n) is 3.07. The van der Waals surface area contributed by atoms with E-state index in [1.54, 1.807) is 26.2 Å². The van der Waals surface area contributed by atoms with Crippen LogP contribution in [0.2, 0.25) is 0 Å². The molecule has 3 aromatic rings. The van der Waals surface area contributed by atoms with Gasteiger partial charge >= 0.3 is 5.63 Å². The third-order valence-corrected chi connectivity index (χ3v) is 4.46. The van der Waals surface area contributed by atoms with Gasteiger partial charge in [-0.25, -0.2) is 4.79 Å². The summed E-state index contributed by atoms with van der Waals surface area (Å²) >= 11 is 0. The highest BCUT2D eigenvalue weighted by Gasteiger charge is 2.22. The van der Waals surface area contributed by atoms with E-state index in [1.807, 2.05) is 37.3 Å². The Labute approximate surface area is 163 Å². The number of benzene rings is 2. The third kappa shape index (κ3) is 4.07. The first-order valence-corrected chi connectivity index (χ1v) is 8.91. The van der Waals surface area contributed by atoms with E-state index in [1.165, 1.54) is 18.1 Å². The lowest BCUT2D eigenvalue weighted by molar-refractivity contribution is -0.138. The van der Waals surface area contributed by atoms with Crippen molar-refractivity contribution >= 4 is 16.9 Å². The zero-order chi connectivity index (χ0) is 20.3. The Morgan fingerprint density at radius 1 is 1.11 bits per heavy atom. The lowest BCUT2D eigenvalue weighted by Gasteiger charge is -2.21. The number of likely N-dealkylation sites (N-methyl/N-ethyl adjacent to an activating group) is 1. The summed E-state index contributed by atoms with van der Waals surface area (Å²) < 4.78 is 16.3. The van der Waals surface area contributed by atoms with Crippen LogP contribution in [0.1, 0.15) is 5.56 Å². The van der Waals surface area contributed by atoms with Gasteiger partial charge in [0.1, 0.15) is 11.3 Å². The summed E-state index contributed by atoms with van der Waals surface area (Å²) in [5, 5.41) is 0.795. The number of carbonyl (C=O) groups is 1. The molecule has 0 aliphatic heterocycles. The van der Waals surface area contributed by atoms with Crippen molar-refractivity contribution in [3.63, 3.8) is 0 Å². The Bertz CT molecular complexity index is 1050. The summed E-state index contributed by atoms with van der Waals surface area (Å²) in [5.74, 6) is 0.215. The number of amides is 1. The Balaban J connectivity index is 2.04. The molecule has 0 aliphatic rings. The van der Waals surface area contributed by atoms with Gasteiger partial charge in [-0.1, -0.05) is 24.3 Å². The number of fused-ring (bicyclic) bond motifs is 1. The molecule has 1 atom stereocenters. The van der Waals surface area contributed by atoms with Crippen molar-refractivity contribution in [1.29, 1.82) is 0 Å². The summed E-state index contributed by atoms with van der Waals surface area (Å²) in [6.45, 7) is 2.11. The van der Waals surface area contributed by atoms with Gasteiger partial charge in [-0.3, -0.25) is 4.79 Å². The SMILES string of the molecule is COCC(Oc1ccc2c(-c3ccccc3C)cc(=O)oc2c1)C(=O)N(C)C. The van der Waals surface area contributed by atoms with Gasteiger partial charge in [0.2, 0.25) is 0 Å². The quantitative estimate of drug-likeness (QED) is 0.613. The van der Waals surface area contributed by atoms with Crippen LogP contribution in [0.15, 0.2) is 57.7 Å². The lowest BCUT2D eigenvalue weighted by Crippen LogP contribution is -2.40. The first kappa shape index (κ1) is 19.6. The van der Waals surface area contributed by atoms with Crippen molar-refractivity contribution in [2.24, 2.45) is 0 Å². The number of ether oxygens (including phenoxy) is 2. The van der Waals surface area contributed by atoms with Gasteiger partial charge < -0.3 is 18.8 Å². The maximum Gasteiger partial charge on any atom is 0.336 e. The molecule has 146 valence electrons. The van der Waals surface area contributed by atoms with Crippen LogP contribution in [0.3, 0.4) is 0 Å². The highest BCUT2D eigenvalue weighted by molar-refractivity contribution is 5.94. The molecule has 0 saturated carbocycles. The molecule has 0 bridgehead atoms. The van der Waals surface area contributed by atoms with Gasteiger partial charge in [-0.2, -0.15) is 0 Å². The van der Waals surface area contributed by atoms with E-state index in [4.69, 9.17) is 13.9 Å². The van der Waals surface area contributed by atoms with Gasteiger partial charge in [0.05, 0.1) is 6.61 Å². The fourth-order valence-corrected chi connectivity index (χ4v) is 3.07. The molecule has 0 fully saturated rings. The van der Waals surface area contributed by atoms with Crippen LogP contribution in [0.5, 0.6) is 5.75 Å². The molecule has 0 aliphatic carbocycles. The second-order valence-corrected chi connectivity index (χ2v) is 6.75. The van der Waals surface area contributed by atoms with Crippen molar-refractivity contribution in [3.8, 4) is 16.9 Å². The highest BCUT2D eigenvalue weighted by Crippen LogP contribution is 2.31. The Morgan fingerprint density at radius 2 is 1.86 bits per heavy atom. The fraction of sp³-hybridized carbons (Fsp3) is 0.273. The van der Waals surface area contributed by atoms with Gasteiger partial charge in [-0.05, 0) is 30.2 Å². The smallest absolute Gasteiger partial charge is 0.336 e. The summed E-state index contributed by atoms with van der Waals surface area (Å²) in [7, 11) is 4.82. The van der Waals surface area contributed by atoms with E-state index in [2.05, 4.69) is 0 Å². The van der Waals surface area contributed by atoms with Gasteiger partial charge in [0.25, 0.3) is 5.91 Å². The van der Waals surface area contributed by atoms with Crippen LogP contribution in [-0.2, 0) is 9.53 Å². The van der Waals surface area contributed by atoms with Crippen LogP contribution < -0.4 is 10.4 Å². The lowest BCUT2D eigenvalue weighted by atomic mass is 9.98. The maximum atomic E-state index is 12.3. The number of hydrogen-bond acceptors (Lipinski definition) is 5. The van der Waals surface area contributed by atoms with Crippen LogP contribution in [0.4, 0.5) is 0 Å². The molecule has 0 radical (unpaired) electrons. The minimum atomic E-state index is -0.788. The monoisotopic (exact) mass is 381 g/mol. The minimum Gasteiger partial charge on any atom is -0.478 e. The average Bonchev–Trinajstić information content (AvgIpc) is 2.66. The molecule has 3 rings (SSSR count). The zero-order valence-electron chi connectivity index (χ0n) is 16.4. The Hall–Kier alpha value is -3.12. The average molecular weight is 381 g/mol. The largest absolute Gasteiger partial charge is 0.478 e. The number of rotatable bonds is 6. The van der Waals surface area contributed by atoms with Gasteiger partial charge in [0.15, 0.2) is 6.10 Å². The van der Waals surface area contributed by atoms with E-state index < -0.39 is 11.7 Å². The summed E-state index contributed by atoms with van der Waals surface area (Å²) in [4.78, 5) is 25.9. The molecule has 6 nitrogen and oxygen atoms in total. The third-order valence-electron chi connectivity index (χ3n) is 4.46. The molecule has 28 heavy (non-hydrogen) atoms. The van der Waals surface area contributed by atoms with Crippen molar-refractivity contribution < 1.29 is 18.7 Å². The molecular weight excluding hydrogens is 358 g/mol. The van der Waals surface area contributed by atoms with E-state index in [0.717, 1.165) is 22.1 Å². The minimum absolute atomic E-state index is 0.113. The van der Waals surface area contributed by atoms with Crippen molar-refractivity contribution in [2.45, 2.75) is 13.0 Å². The van der Waals surface area contributed by atoms with Crippen molar-refractivity contribution in [3.05, 3.63) is 64.5 Å². The molecule has 1 amide bonds. The number of carbonyl (C=O) groups excluding carboxylic acids is 1. The van der Waals surface area contributed by atoms with Crippen LogP contribution in [-0.4, -0.2) is 44.7 Å². The van der Waals surface area contributed by atoms with Crippen LogP contribution >= 0.6 is 0 Å².